The third-order valence-electron chi connectivity index (χ3n) is 2.82. The SMILES string of the molecule is CCCCN(C)CCC(=O)Nc1ccc(Br)cc1F. The maximum absolute atomic E-state index is 13.5. The van der Waals surface area contributed by atoms with Gasteiger partial charge in [0.25, 0.3) is 0 Å². The summed E-state index contributed by atoms with van der Waals surface area (Å²) in [6.45, 7) is 3.80. The first-order chi connectivity index (χ1) is 9.02. The molecule has 0 aliphatic heterocycles. The van der Waals surface area contributed by atoms with Crippen molar-refractivity contribution in [2.45, 2.75) is 26.2 Å². The van der Waals surface area contributed by atoms with Crippen molar-refractivity contribution >= 4 is 27.5 Å². The average molecular weight is 331 g/mol. The summed E-state index contributed by atoms with van der Waals surface area (Å²) in [6, 6.07) is 4.59. The van der Waals surface area contributed by atoms with E-state index in [1.54, 1.807) is 12.1 Å². The van der Waals surface area contributed by atoms with E-state index in [0.29, 0.717) is 17.4 Å². The highest BCUT2D eigenvalue weighted by Crippen LogP contribution is 2.19. The fourth-order valence-corrected chi connectivity index (χ4v) is 1.97. The van der Waals surface area contributed by atoms with Crippen LogP contribution in [0.15, 0.2) is 22.7 Å². The number of hydrogen-bond donors (Lipinski definition) is 1. The van der Waals surface area contributed by atoms with Crippen LogP contribution in [0.3, 0.4) is 0 Å². The summed E-state index contributed by atoms with van der Waals surface area (Å²) in [5, 5.41) is 2.59. The number of halogens is 2. The van der Waals surface area contributed by atoms with Crippen molar-refractivity contribution in [2.24, 2.45) is 0 Å². The monoisotopic (exact) mass is 330 g/mol. The first-order valence-corrected chi connectivity index (χ1v) is 7.25. The number of hydrogen-bond acceptors (Lipinski definition) is 2. The van der Waals surface area contributed by atoms with Gasteiger partial charge in [-0.2, -0.15) is 0 Å². The molecule has 0 unspecified atom stereocenters. The number of unbranched alkanes of at least 4 members (excludes halogenated alkanes) is 1. The van der Waals surface area contributed by atoms with Crippen molar-refractivity contribution in [3.63, 3.8) is 0 Å². The Morgan fingerprint density at radius 2 is 2.16 bits per heavy atom. The summed E-state index contributed by atoms with van der Waals surface area (Å²) in [5.41, 5.74) is 0.226. The molecule has 0 aliphatic carbocycles. The number of carbonyl (C=O) groups is 1. The van der Waals surface area contributed by atoms with Gasteiger partial charge in [-0.3, -0.25) is 4.79 Å². The van der Waals surface area contributed by atoms with Crippen LogP contribution in [0.5, 0.6) is 0 Å². The lowest BCUT2D eigenvalue weighted by atomic mass is 10.2. The molecule has 3 nitrogen and oxygen atoms in total. The van der Waals surface area contributed by atoms with Gasteiger partial charge in [-0.15, -0.1) is 0 Å². The second-order valence-electron chi connectivity index (χ2n) is 4.58. The molecule has 0 heterocycles. The van der Waals surface area contributed by atoms with Crippen molar-refractivity contribution in [1.82, 2.24) is 4.90 Å². The number of benzene rings is 1. The Morgan fingerprint density at radius 1 is 1.42 bits per heavy atom. The van der Waals surface area contributed by atoms with Crippen LogP contribution in [0.1, 0.15) is 26.2 Å². The van der Waals surface area contributed by atoms with E-state index in [9.17, 15) is 9.18 Å². The van der Waals surface area contributed by atoms with Crippen LogP contribution in [-0.4, -0.2) is 30.9 Å². The van der Waals surface area contributed by atoms with E-state index in [-0.39, 0.29) is 11.6 Å². The standard InChI is InChI=1S/C14H20BrFN2O/c1-3-4-8-18(2)9-7-14(19)17-13-6-5-11(15)10-12(13)16/h5-6,10H,3-4,7-9H2,1-2H3,(H,17,19). The van der Waals surface area contributed by atoms with E-state index in [1.807, 2.05) is 7.05 Å². The third-order valence-corrected chi connectivity index (χ3v) is 3.31. The van der Waals surface area contributed by atoms with Crippen LogP contribution >= 0.6 is 15.9 Å². The predicted octanol–water partition coefficient (Wildman–Crippen LogP) is 3.65. The molecular weight excluding hydrogens is 311 g/mol. The number of carbonyl (C=O) groups excluding carboxylic acids is 1. The van der Waals surface area contributed by atoms with Gasteiger partial charge in [-0.25, -0.2) is 4.39 Å². The summed E-state index contributed by atoms with van der Waals surface area (Å²) in [5.74, 6) is -0.591. The van der Waals surface area contributed by atoms with Gasteiger partial charge in [-0.1, -0.05) is 29.3 Å². The molecule has 0 aliphatic rings. The summed E-state index contributed by atoms with van der Waals surface area (Å²) in [7, 11) is 1.99. The third kappa shape index (κ3) is 6.16. The van der Waals surface area contributed by atoms with E-state index in [4.69, 9.17) is 0 Å². The molecule has 0 saturated heterocycles. The minimum absolute atomic E-state index is 0.162. The van der Waals surface area contributed by atoms with Crippen LogP contribution in [0.4, 0.5) is 10.1 Å². The van der Waals surface area contributed by atoms with E-state index in [1.165, 1.54) is 6.07 Å². The highest BCUT2D eigenvalue weighted by Gasteiger charge is 2.08. The molecule has 0 saturated carbocycles. The summed E-state index contributed by atoms with van der Waals surface area (Å²) < 4.78 is 14.2. The Morgan fingerprint density at radius 3 is 2.79 bits per heavy atom. The number of amides is 1. The van der Waals surface area contributed by atoms with Crippen LogP contribution in [0.25, 0.3) is 0 Å². The Hall–Kier alpha value is -0.940. The fraction of sp³-hybridized carbons (Fsp3) is 0.500. The molecule has 5 heteroatoms. The molecule has 0 fully saturated rings. The van der Waals surface area contributed by atoms with Crippen molar-refractivity contribution < 1.29 is 9.18 Å². The quantitative estimate of drug-likeness (QED) is 0.827. The largest absolute Gasteiger partial charge is 0.324 e. The van der Waals surface area contributed by atoms with E-state index in [0.717, 1.165) is 19.4 Å². The van der Waals surface area contributed by atoms with Crippen LogP contribution < -0.4 is 5.32 Å². The molecular formula is C14H20BrFN2O. The van der Waals surface area contributed by atoms with Crippen LogP contribution in [0, 0.1) is 5.82 Å². The minimum atomic E-state index is -0.429. The van der Waals surface area contributed by atoms with Gasteiger partial charge >= 0.3 is 0 Å². The van der Waals surface area contributed by atoms with E-state index < -0.39 is 5.82 Å². The molecule has 1 aromatic rings. The molecule has 0 spiro atoms. The summed E-state index contributed by atoms with van der Waals surface area (Å²) in [6.07, 6.45) is 2.63. The minimum Gasteiger partial charge on any atom is -0.324 e. The number of anilines is 1. The molecule has 19 heavy (non-hydrogen) atoms. The lowest BCUT2D eigenvalue weighted by Crippen LogP contribution is -2.25. The molecule has 1 rings (SSSR count). The molecule has 0 aromatic heterocycles. The van der Waals surface area contributed by atoms with Crippen LogP contribution in [0.2, 0.25) is 0 Å². The zero-order chi connectivity index (χ0) is 14.3. The lowest BCUT2D eigenvalue weighted by Gasteiger charge is -2.15. The summed E-state index contributed by atoms with van der Waals surface area (Å²) >= 11 is 3.18. The molecule has 0 atom stereocenters. The van der Waals surface area contributed by atoms with E-state index >= 15 is 0 Å². The lowest BCUT2D eigenvalue weighted by molar-refractivity contribution is -0.116. The maximum Gasteiger partial charge on any atom is 0.225 e. The zero-order valence-electron chi connectivity index (χ0n) is 11.4. The first-order valence-electron chi connectivity index (χ1n) is 6.46. The van der Waals surface area contributed by atoms with Crippen molar-refractivity contribution in [3.8, 4) is 0 Å². The van der Waals surface area contributed by atoms with Crippen molar-refractivity contribution in [1.29, 1.82) is 0 Å². The second-order valence-corrected chi connectivity index (χ2v) is 5.49. The van der Waals surface area contributed by atoms with Crippen LogP contribution in [-0.2, 0) is 4.79 Å². The molecule has 1 amide bonds. The normalized spacial score (nSPS) is 10.8. The van der Waals surface area contributed by atoms with Crippen molar-refractivity contribution in [2.75, 3.05) is 25.5 Å². The number of nitrogens with zero attached hydrogens (tertiary/aromatic N) is 1. The number of nitrogens with one attached hydrogen (secondary N) is 1. The molecule has 1 aromatic carbocycles. The first kappa shape index (κ1) is 16.1. The molecule has 1 N–H and O–H groups in total. The maximum atomic E-state index is 13.5. The molecule has 0 bridgehead atoms. The Bertz CT molecular complexity index is 426. The smallest absolute Gasteiger partial charge is 0.225 e. The molecule has 106 valence electrons. The highest BCUT2D eigenvalue weighted by molar-refractivity contribution is 9.10. The Kier molecular flexibility index (Phi) is 7.02. The highest BCUT2D eigenvalue weighted by atomic mass is 79.9. The van der Waals surface area contributed by atoms with E-state index in [2.05, 4.69) is 33.1 Å². The number of rotatable bonds is 7. The van der Waals surface area contributed by atoms with Gasteiger partial charge in [0.1, 0.15) is 5.82 Å². The fourth-order valence-electron chi connectivity index (χ4n) is 1.64. The van der Waals surface area contributed by atoms with Gasteiger partial charge < -0.3 is 10.2 Å². The van der Waals surface area contributed by atoms with Gasteiger partial charge in [0.05, 0.1) is 5.69 Å². The average Bonchev–Trinajstić information content (AvgIpc) is 2.37. The van der Waals surface area contributed by atoms with Gasteiger partial charge in [0, 0.05) is 17.4 Å². The van der Waals surface area contributed by atoms with Crippen molar-refractivity contribution in [3.05, 3.63) is 28.5 Å². The Balaban J connectivity index is 2.38. The second kappa shape index (κ2) is 8.27. The topological polar surface area (TPSA) is 32.3 Å². The Labute approximate surface area is 122 Å². The van der Waals surface area contributed by atoms with Gasteiger partial charge in [0.15, 0.2) is 0 Å². The van der Waals surface area contributed by atoms with Gasteiger partial charge in [0.2, 0.25) is 5.91 Å². The summed E-state index contributed by atoms with van der Waals surface area (Å²) in [4.78, 5) is 13.8. The van der Waals surface area contributed by atoms with Gasteiger partial charge in [-0.05, 0) is 38.2 Å². The molecule has 0 radical (unpaired) electrons. The zero-order valence-corrected chi connectivity index (χ0v) is 13.0. The predicted molar refractivity (Wildman–Crippen MR) is 79.8 cm³/mol.